The summed E-state index contributed by atoms with van der Waals surface area (Å²) in [6.07, 6.45) is 9.05. The Hall–Kier alpha value is -1.08. The number of aliphatic hydroxyl groups is 3. The highest BCUT2D eigenvalue weighted by Gasteiger charge is 2.64. The van der Waals surface area contributed by atoms with Crippen LogP contribution in [0.2, 0.25) is 0 Å². The zero-order valence-corrected chi connectivity index (χ0v) is 31.9. The van der Waals surface area contributed by atoms with Crippen molar-refractivity contribution in [3.05, 3.63) is 0 Å². The normalized spacial score (nSPS) is 35.6. The fourth-order valence-electron chi connectivity index (χ4n) is 10.9. The second kappa shape index (κ2) is 15.7. The second-order valence-corrected chi connectivity index (χ2v) is 20.6. The van der Waals surface area contributed by atoms with Gasteiger partial charge in [-0.05, 0) is 106 Å². The van der Waals surface area contributed by atoms with Crippen molar-refractivity contribution in [3.63, 3.8) is 0 Å². The summed E-state index contributed by atoms with van der Waals surface area (Å²) in [5.41, 5.74) is -0.893. The molecule has 4 saturated carbocycles. The van der Waals surface area contributed by atoms with E-state index in [-0.39, 0.29) is 35.6 Å². The molecule has 0 saturated heterocycles. The van der Waals surface area contributed by atoms with Crippen molar-refractivity contribution in [2.24, 2.45) is 40.4 Å². The van der Waals surface area contributed by atoms with Gasteiger partial charge >= 0.3 is 21.3 Å². The van der Waals surface area contributed by atoms with E-state index in [1.165, 1.54) is 6.42 Å². The monoisotopic (exact) mass is 752 g/mol. The third-order valence-corrected chi connectivity index (χ3v) is 17.4. The molecule has 4 aliphatic rings. The van der Waals surface area contributed by atoms with Gasteiger partial charge in [0.1, 0.15) is 6.10 Å². The standard InChI is InChI=1S/C34H62N2O12P2/c1-5-6-7-8-14-33(4,40)28-11-10-24-23-20-27(26-19-22(37)12-16-31(26,2)25(23)13-17-32(24,28)3)48-30(39)36-21-29(38)35-18-9-15-34(41,49(42,43)44)50(45,46)47/h22-28,37,40-41H,5-21H2,1-4H3,(H,35,38)(H,36,39)(H2,42,43,44)(H2,45,46,47)/t22-,23-,24-,25-,26+,27-,28-,31+,32-,33?/m0/s1. The van der Waals surface area contributed by atoms with Gasteiger partial charge in [0.25, 0.3) is 5.08 Å². The Morgan fingerprint density at radius 2 is 1.46 bits per heavy atom. The molecule has 0 aromatic rings. The summed E-state index contributed by atoms with van der Waals surface area (Å²) in [7, 11) is -11.2. The van der Waals surface area contributed by atoms with E-state index in [0.717, 1.165) is 57.8 Å². The summed E-state index contributed by atoms with van der Waals surface area (Å²) in [6, 6.07) is 0. The van der Waals surface area contributed by atoms with E-state index in [0.29, 0.717) is 37.0 Å². The summed E-state index contributed by atoms with van der Waals surface area (Å²) in [4.78, 5) is 62.6. The molecule has 290 valence electrons. The lowest BCUT2D eigenvalue weighted by molar-refractivity contribution is -0.179. The highest BCUT2D eigenvalue weighted by atomic mass is 31.2. The topological polar surface area (TPSA) is 243 Å². The zero-order chi connectivity index (χ0) is 37.3. The lowest BCUT2D eigenvalue weighted by Crippen LogP contribution is -2.60. The molecule has 0 aliphatic heterocycles. The number of amides is 2. The van der Waals surface area contributed by atoms with Crippen LogP contribution in [0.4, 0.5) is 4.79 Å². The lowest BCUT2D eigenvalue weighted by atomic mass is 9.43. The summed E-state index contributed by atoms with van der Waals surface area (Å²) >= 11 is 0. The number of hydrogen-bond donors (Lipinski definition) is 9. The van der Waals surface area contributed by atoms with Crippen molar-refractivity contribution in [2.45, 2.75) is 147 Å². The first-order chi connectivity index (χ1) is 23.1. The fourth-order valence-corrected chi connectivity index (χ4v) is 13.1. The van der Waals surface area contributed by atoms with E-state index in [4.69, 9.17) is 4.74 Å². The number of carbonyl (C=O) groups is 2. The first-order valence-electron chi connectivity index (χ1n) is 18.6. The summed E-state index contributed by atoms with van der Waals surface area (Å²) in [5, 5.41) is 33.8. The van der Waals surface area contributed by atoms with Crippen molar-refractivity contribution >= 4 is 27.2 Å². The predicted octanol–water partition coefficient (Wildman–Crippen LogP) is 4.33. The van der Waals surface area contributed by atoms with Crippen LogP contribution in [-0.2, 0) is 18.7 Å². The van der Waals surface area contributed by atoms with Gasteiger partial charge in [0.15, 0.2) is 0 Å². The number of nitrogens with one attached hydrogen (secondary N) is 2. The van der Waals surface area contributed by atoms with Gasteiger partial charge in [-0.3, -0.25) is 13.9 Å². The molecular formula is C34H62N2O12P2. The highest BCUT2D eigenvalue weighted by Crippen LogP contribution is 2.70. The van der Waals surface area contributed by atoms with Gasteiger partial charge < -0.3 is 50.3 Å². The molecule has 0 aromatic heterocycles. The van der Waals surface area contributed by atoms with Crippen molar-refractivity contribution in [1.82, 2.24) is 10.6 Å². The van der Waals surface area contributed by atoms with Crippen molar-refractivity contribution in [2.75, 3.05) is 13.1 Å². The molecule has 0 heterocycles. The third-order valence-electron chi connectivity index (χ3n) is 13.5. The van der Waals surface area contributed by atoms with Crippen LogP contribution in [0.25, 0.3) is 0 Å². The van der Waals surface area contributed by atoms with E-state index in [1.807, 2.05) is 6.92 Å². The minimum atomic E-state index is -5.59. The molecule has 2 amide bonds. The van der Waals surface area contributed by atoms with Gasteiger partial charge in [0, 0.05) is 18.9 Å². The molecule has 10 atom stereocenters. The van der Waals surface area contributed by atoms with Crippen LogP contribution in [0.1, 0.15) is 124 Å². The Labute approximate surface area is 296 Å². The van der Waals surface area contributed by atoms with Gasteiger partial charge in [-0.1, -0.05) is 46.5 Å². The van der Waals surface area contributed by atoms with Gasteiger partial charge in [-0.2, -0.15) is 0 Å². The molecule has 4 aliphatic carbocycles. The lowest BCUT2D eigenvalue weighted by Gasteiger charge is -2.62. The zero-order valence-electron chi connectivity index (χ0n) is 30.1. The maximum atomic E-state index is 13.1. The van der Waals surface area contributed by atoms with Crippen LogP contribution in [-0.4, -0.2) is 82.9 Å². The Bertz CT molecular complexity index is 1280. The van der Waals surface area contributed by atoms with E-state index in [1.54, 1.807) is 0 Å². The molecule has 1 unspecified atom stereocenters. The largest absolute Gasteiger partial charge is 0.446 e. The molecule has 4 fully saturated rings. The predicted molar refractivity (Wildman–Crippen MR) is 186 cm³/mol. The van der Waals surface area contributed by atoms with Crippen LogP contribution in [0.15, 0.2) is 0 Å². The van der Waals surface area contributed by atoms with E-state index in [9.17, 15) is 53.6 Å². The van der Waals surface area contributed by atoms with Crippen LogP contribution in [0, 0.1) is 40.4 Å². The smallest absolute Gasteiger partial charge is 0.407 e. The molecule has 14 nitrogen and oxygen atoms in total. The second-order valence-electron chi connectivity index (χ2n) is 16.6. The minimum absolute atomic E-state index is 0.0238. The Balaban J connectivity index is 1.38. The van der Waals surface area contributed by atoms with Gasteiger partial charge in [-0.15, -0.1) is 0 Å². The molecule has 9 N–H and O–H groups in total. The number of fused-ring (bicyclic) bond motifs is 5. The van der Waals surface area contributed by atoms with Crippen LogP contribution >= 0.6 is 15.2 Å². The van der Waals surface area contributed by atoms with E-state index >= 15 is 0 Å². The number of hydrogen-bond acceptors (Lipinski definition) is 8. The first-order valence-corrected chi connectivity index (χ1v) is 21.8. The minimum Gasteiger partial charge on any atom is -0.446 e. The number of carbonyl (C=O) groups excluding carboxylic acids is 2. The Morgan fingerprint density at radius 3 is 2.10 bits per heavy atom. The SMILES string of the molecule is CCCCCCC(C)(O)[C@H]1CC[C@H]2[C@@H]3C[C@H](OC(=O)NCC(=O)NCCCC(O)(P(=O)(O)O)P(=O)(O)O)[C@H]4C[C@@H](O)CC[C@]4(C)[C@H]3CC[C@]12C. The Kier molecular flexibility index (Phi) is 13.1. The van der Waals surface area contributed by atoms with Gasteiger partial charge in [0.2, 0.25) is 5.91 Å². The van der Waals surface area contributed by atoms with E-state index in [2.05, 4.69) is 31.4 Å². The molecule has 4 rings (SSSR count). The van der Waals surface area contributed by atoms with Crippen LogP contribution in [0.3, 0.4) is 0 Å². The van der Waals surface area contributed by atoms with Gasteiger partial charge in [-0.25, -0.2) is 4.79 Å². The van der Waals surface area contributed by atoms with Crippen LogP contribution < -0.4 is 10.6 Å². The molecule has 0 bridgehead atoms. The molecular weight excluding hydrogens is 690 g/mol. The first kappa shape index (κ1) is 41.7. The number of aliphatic hydroxyl groups excluding tert-OH is 1. The molecule has 0 aromatic carbocycles. The average Bonchev–Trinajstić information content (AvgIpc) is 3.38. The summed E-state index contributed by atoms with van der Waals surface area (Å²) in [5.74, 6) is 0.593. The van der Waals surface area contributed by atoms with Gasteiger partial charge in [0.05, 0.1) is 18.2 Å². The fraction of sp³-hybridized carbons (Fsp3) is 0.941. The van der Waals surface area contributed by atoms with Crippen LogP contribution in [0.5, 0.6) is 0 Å². The quantitative estimate of drug-likeness (QED) is 0.0839. The number of unbranched alkanes of at least 4 members (excludes halogenated alkanes) is 3. The number of alkyl carbamates (subject to hydrolysis) is 1. The molecule has 50 heavy (non-hydrogen) atoms. The molecule has 0 radical (unpaired) electrons. The van der Waals surface area contributed by atoms with Crippen molar-refractivity contribution < 1.29 is 58.3 Å². The number of ether oxygens (including phenoxy) is 1. The molecule has 0 spiro atoms. The summed E-state index contributed by atoms with van der Waals surface area (Å²) < 4.78 is 29.1. The van der Waals surface area contributed by atoms with E-state index < -0.39 is 63.0 Å². The van der Waals surface area contributed by atoms with Crippen molar-refractivity contribution in [3.8, 4) is 0 Å². The maximum absolute atomic E-state index is 13.1. The number of rotatable bonds is 15. The highest BCUT2D eigenvalue weighted by molar-refractivity contribution is 7.72. The summed E-state index contributed by atoms with van der Waals surface area (Å²) in [6.45, 7) is 8.13. The average molecular weight is 753 g/mol. The third kappa shape index (κ3) is 8.49. The molecule has 16 heteroatoms. The maximum Gasteiger partial charge on any atom is 0.407 e. The Morgan fingerprint density at radius 1 is 0.820 bits per heavy atom. The van der Waals surface area contributed by atoms with Crippen molar-refractivity contribution in [1.29, 1.82) is 0 Å².